The molecule has 0 radical (unpaired) electrons. The van der Waals surface area contributed by atoms with Gasteiger partial charge in [0.25, 0.3) is 0 Å². The summed E-state index contributed by atoms with van der Waals surface area (Å²) in [5, 5.41) is 2.81. The normalized spacial score (nSPS) is 15.7. The molecule has 1 aromatic carbocycles. The van der Waals surface area contributed by atoms with Crippen molar-refractivity contribution in [1.82, 2.24) is 4.98 Å². The number of pyridine rings is 1. The molecule has 0 atom stereocenters. The van der Waals surface area contributed by atoms with Crippen LogP contribution in [-0.4, -0.2) is 10.9 Å². The molecule has 0 saturated heterocycles. The van der Waals surface area contributed by atoms with Gasteiger partial charge in [-0.2, -0.15) is 0 Å². The second-order valence-corrected chi connectivity index (χ2v) is 5.70. The Morgan fingerprint density at radius 3 is 2.60 bits per heavy atom. The smallest absolute Gasteiger partial charge is 0.235 e. The third-order valence-corrected chi connectivity index (χ3v) is 4.03. The SMILES string of the molecule is O=C(Nc1ccc(Br)nc1)C1(c2ccccc2F)CC1. The van der Waals surface area contributed by atoms with Crippen LogP contribution < -0.4 is 5.32 Å². The predicted octanol–water partition coefficient (Wildman–Crippen LogP) is 3.65. The lowest BCUT2D eigenvalue weighted by Crippen LogP contribution is -2.28. The van der Waals surface area contributed by atoms with Crippen molar-refractivity contribution in [3.05, 3.63) is 58.6 Å². The Morgan fingerprint density at radius 1 is 1.25 bits per heavy atom. The maximum Gasteiger partial charge on any atom is 0.235 e. The minimum Gasteiger partial charge on any atom is -0.324 e. The molecule has 1 fully saturated rings. The summed E-state index contributed by atoms with van der Waals surface area (Å²) in [6, 6.07) is 9.97. The lowest BCUT2D eigenvalue weighted by atomic mass is 9.94. The number of rotatable bonds is 3. The number of hydrogen-bond donors (Lipinski definition) is 1. The zero-order valence-corrected chi connectivity index (χ0v) is 12.2. The maximum atomic E-state index is 13.9. The molecule has 0 spiro atoms. The number of benzene rings is 1. The highest BCUT2D eigenvalue weighted by molar-refractivity contribution is 9.10. The third kappa shape index (κ3) is 2.33. The van der Waals surface area contributed by atoms with Crippen molar-refractivity contribution in [1.29, 1.82) is 0 Å². The lowest BCUT2D eigenvalue weighted by molar-refractivity contribution is -0.118. The average molecular weight is 335 g/mol. The number of amides is 1. The van der Waals surface area contributed by atoms with Gasteiger partial charge in [-0.05, 0) is 47.0 Å². The Kier molecular flexibility index (Phi) is 3.30. The summed E-state index contributed by atoms with van der Waals surface area (Å²) in [4.78, 5) is 16.5. The number of carbonyl (C=O) groups is 1. The van der Waals surface area contributed by atoms with Gasteiger partial charge in [-0.25, -0.2) is 9.37 Å². The second kappa shape index (κ2) is 4.98. The number of nitrogens with one attached hydrogen (secondary N) is 1. The predicted molar refractivity (Wildman–Crippen MR) is 77.9 cm³/mol. The number of carbonyl (C=O) groups excluding carboxylic acids is 1. The topological polar surface area (TPSA) is 42.0 Å². The van der Waals surface area contributed by atoms with Gasteiger partial charge in [0.1, 0.15) is 10.4 Å². The van der Waals surface area contributed by atoms with Crippen molar-refractivity contribution in [3.8, 4) is 0 Å². The summed E-state index contributed by atoms with van der Waals surface area (Å²) in [5.41, 5.74) is 0.363. The fraction of sp³-hybridized carbons (Fsp3) is 0.200. The van der Waals surface area contributed by atoms with Crippen molar-refractivity contribution >= 4 is 27.5 Å². The standard InChI is InChI=1S/C15H12BrFN2O/c16-13-6-5-10(9-18-13)19-14(20)15(7-8-15)11-3-1-2-4-12(11)17/h1-6,9H,7-8H2,(H,19,20). The summed E-state index contributed by atoms with van der Waals surface area (Å²) < 4.78 is 14.6. The highest BCUT2D eigenvalue weighted by atomic mass is 79.9. The van der Waals surface area contributed by atoms with Crippen LogP contribution in [0.4, 0.5) is 10.1 Å². The molecule has 0 aliphatic heterocycles. The highest BCUT2D eigenvalue weighted by Crippen LogP contribution is 2.49. The Hall–Kier alpha value is -1.75. The molecule has 1 amide bonds. The molecule has 5 heteroatoms. The molecular weight excluding hydrogens is 323 g/mol. The van der Waals surface area contributed by atoms with Crippen LogP contribution in [0.2, 0.25) is 0 Å². The minimum absolute atomic E-state index is 0.174. The first-order chi connectivity index (χ1) is 9.62. The van der Waals surface area contributed by atoms with Gasteiger partial charge in [-0.3, -0.25) is 4.79 Å². The molecule has 3 nitrogen and oxygen atoms in total. The Balaban J connectivity index is 1.84. The van der Waals surface area contributed by atoms with Gasteiger partial charge >= 0.3 is 0 Å². The maximum absolute atomic E-state index is 13.9. The molecule has 0 bridgehead atoms. The Morgan fingerprint density at radius 2 is 2.00 bits per heavy atom. The largest absolute Gasteiger partial charge is 0.324 e. The van der Waals surface area contributed by atoms with Crippen LogP contribution in [0.5, 0.6) is 0 Å². The first kappa shape index (κ1) is 13.2. The van der Waals surface area contributed by atoms with Crippen LogP contribution in [0.15, 0.2) is 47.2 Å². The van der Waals surface area contributed by atoms with Crippen molar-refractivity contribution < 1.29 is 9.18 Å². The molecule has 20 heavy (non-hydrogen) atoms. The van der Waals surface area contributed by atoms with Gasteiger partial charge in [0.2, 0.25) is 5.91 Å². The van der Waals surface area contributed by atoms with Crippen molar-refractivity contribution in [3.63, 3.8) is 0 Å². The van der Waals surface area contributed by atoms with Gasteiger partial charge in [-0.1, -0.05) is 18.2 Å². The third-order valence-electron chi connectivity index (χ3n) is 3.56. The number of hydrogen-bond acceptors (Lipinski definition) is 2. The fourth-order valence-corrected chi connectivity index (χ4v) is 2.53. The molecule has 102 valence electrons. The van der Waals surface area contributed by atoms with Gasteiger partial charge in [-0.15, -0.1) is 0 Å². The Labute approximate surface area is 124 Å². The first-order valence-corrected chi connectivity index (χ1v) is 7.09. The van der Waals surface area contributed by atoms with Crippen molar-refractivity contribution in [2.45, 2.75) is 18.3 Å². The number of nitrogens with zero attached hydrogens (tertiary/aromatic N) is 1. The van der Waals surface area contributed by atoms with E-state index in [1.165, 1.54) is 6.07 Å². The van der Waals surface area contributed by atoms with Crippen LogP contribution in [-0.2, 0) is 10.2 Å². The average Bonchev–Trinajstić information content (AvgIpc) is 3.23. The molecular formula is C15H12BrFN2O. The summed E-state index contributed by atoms with van der Waals surface area (Å²) in [6.45, 7) is 0. The van der Waals surface area contributed by atoms with E-state index in [2.05, 4.69) is 26.2 Å². The van der Waals surface area contributed by atoms with Crippen LogP contribution in [0.1, 0.15) is 18.4 Å². The summed E-state index contributed by atoms with van der Waals surface area (Å²) in [6.07, 6.45) is 2.91. The summed E-state index contributed by atoms with van der Waals surface area (Å²) in [5.74, 6) is -0.499. The quantitative estimate of drug-likeness (QED) is 0.870. The lowest BCUT2D eigenvalue weighted by Gasteiger charge is -2.16. The Bertz CT molecular complexity index is 653. The van der Waals surface area contributed by atoms with Gasteiger partial charge in [0.15, 0.2) is 0 Å². The number of halogens is 2. The monoisotopic (exact) mass is 334 g/mol. The van der Waals surface area contributed by atoms with Crippen LogP contribution in [0, 0.1) is 5.82 Å². The van der Waals surface area contributed by atoms with E-state index < -0.39 is 5.41 Å². The zero-order valence-electron chi connectivity index (χ0n) is 10.6. The zero-order chi connectivity index (χ0) is 14.2. The summed E-state index contributed by atoms with van der Waals surface area (Å²) in [7, 11) is 0. The number of anilines is 1. The minimum atomic E-state index is -0.724. The molecule has 1 aliphatic carbocycles. The molecule has 1 aromatic heterocycles. The molecule has 0 unspecified atom stereocenters. The fourth-order valence-electron chi connectivity index (χ4n) is 2.29. The molecule has 2 aromatic rings. The molecule has 1 aliphatic rings. The van der Waals surface area contributed by atoms with E-state index in [4.69, 9.17) is 0 Å². The molecule has 1 saturated carbocycles. The highest BCUT2D eigenvalue weighted by Gasteiger charge is 2.52. The molecule has 3 rings (SSSR count). The van der Waals surface area contributed by atoms with Crippen LogP contribution >= 0.6 is 15.9 Å². The molecule has 1 N–H and O–H groups in total. The first-order valence-electron chi connectivity index (χ1n) is 6.30. The van der Waals surface area contributed by atoms with E-state index in [1.54, 1.807) is 36.5 Å². The van der Waals surface area contributed by atoms with E-state index in [0.29, 0.717) is 28.7 Å². The van der Waals surface area contributed by atoms with Crippen LogP contribution in [0.25, 0.3) is 0 Å². The van der Waals surface area contributed by atoms with E-state index in [0.717, 1.165) is 0 Å². The van der Waals surface area contributed by atoms with Crippen molar-refractivity contribution in [2.75, 3.05) is 5.32 Å². The van der Waals surface area contributed by atoms with Gasteiger partial charge < -0.3 is 5.32 Å². The van der Waals surface area contributed by atoms with Crippen LogP contribution in [0.3, 0.4) is 0 Å². The van der Waals surface area contributed by atoms with E-state index in [1.807, 2.05) is 0 Å². The van der Waals surface area contributed by atoms with E-state index in [-0.39, 0.29) is 11.7 Å². The van der Waals surface area contributed by atoms with Gasteiger partial charge in [0, 0.05) is 5.56 Å². The van der Waals surface area contributed by atoms with Crippen molar-refractivity contribution in [2.24, 2.45) is 0 Å². The summed E-state index contributed by atoms with van der Waals surface area (Å²) >= 11 is 3.24. The molecule has 1 heterocycles. The van der Waals surface area contributed by atoms with E-state index in [9.17, 15) is 9.18 Å². The second-order valence-electron chi connectivity index (χ2n) is 4.89. The van der Waals surface area contributed by atoms with Gasteiger partial charge in [0.05, 0.1) is 17.3 Å². The van der Waals surface area contributed by atoms with E-state index >= 15 is 0 Å². The number of aromatic nitrogens is 1.